The number of oxazole rings is 1. The van der Waals surface area contributed by atoms with Gasteiger partial charge >= 0.3 is 5.97 Å². The summed E-state index contributed by atoms with van der Waals surface area (Å²) in [4.78, 5) is 83.6. The molecule has 0 spiro atoms. The number of carbonyl (C=O) groups is 6. The number of aliphatic hydroxyl groups excluding tert-OH is 1. The highest BCUT2D eigenvalue weighted by Gasteiger charge is 2.53. The Labute approximate surface area is 260 Å². The standard InChI is InChI=1S/C32H38N4O9/c1-15(2)28-16(3)7-8-23(39)33-13-18-10-17(4)25(27-26(18)29(40)35-30(27)41)22(38)11-19(37)12-24-34-20(14-44-24)31(42)36-9-5-6-21(36)32(43)45-28/h6-8,10,14-16,18,22,25-28,38H,5,9,11-13H2,1-4H3,(H,33,39)(H,35,40,41)/b8-7+/t16-,18?,22+,25?,26?,27?,28-/m1/s1. The Hall–Kier alpha value is -4.39. The van der Waals surface area contributed by atoms with E-state index >= 15 is 0 Å². The van der Waals surface area contributed by atoms with E-state index in [1.807, 2.05) is 20.8 Å². The van der Waals surface area contributed by atoms with E-state index in [1.54, 1.807) is 25.2 Å². The van der Waals surface area contributed by atoms with Crippen LogP contribution in [0.15, 0.2) is 46.3 Å². The third kappa shape index (κ3) is 6.53. The van der Waals surface area contributed by atoms with Gasteiger partial charge in [-0.15, -0.1) is 0 Å². The second kappa shape index (κ2) is 12.9. The van der Waals surface area contributed by atoms with Crippen LogP contribution in [-0.2, 0) is 35.1 Å². The maximum absolute atomic E-state index is 13.3. The van der Waals surface area contributed by atoms with Crippen LogP contribution in [0.25, 0.3) is 0 Å². The van der Waals surface area contributed by atoms with E-state index in [1.165, 1.54) is 11.0 Å². The third-order valence-electron chi connectivity index (χ3n) is 8.98. The van der Waals surface area contributed by atoms with Crippen molar-refractivity contribution in [3.8, 4) is 0 Å². The van der Waals surface area contributed by atoms with Gasteiger partial charge in [-0.2, -0.15) is 0 Å². The smallest absolute Gasteiger partial charge is 0.355 e. The van der Waals surface area contributed by atoms with Crippen molar-refractivity contribution in [2.75, 3.05) is 13.1 Å². The molecule has 4 unspecified atom stereocenters. The summed E-state index contributed by atoms with van der Waals surface area (Å²) >= 11 is 0. The minimum Gasteiger partial charge on any atom is -0.457 e. The van der Waals surface area contributed by atoms with E-state index < -0.39 is 71.3 Å². The summed E-state index contributed by atoms with van der Waals surface area (Å²) in [6.45, 7) is 7.59. The Morgan fingerprint density at radius 1 is 1.07 bits per heavy atom. The SMILES string of the molecule is CC1=CC2CNC(=O)/C=C/[C@@H](C)[C@@H](C(C)C)OC(=O)C3=CCCN3C(=O)c3coc(n3)CC(=O)C[C@H](O)C1C1C(=O)NC(=O)C21. The fourth-order valence-corrected chi connectivity index (χ4v) is 6.88. The highest BCUT2D eigenvalue weighted by atomic mass is 16.5. The molecule has 4 amide bonds. The topological polar surface area (TPSA) is 185 Å². The molecule has 1 aromatic heterocycles. The third-order valence-corrected chi connectivity index (χ3v) is 8.98. The van der Waals surface area contributed by atoms with Gasteiger partial charge in [0, 0.05) is 37.3 Å². The summed E-state index contributed by atoms with van der Waals surface area (Å²) in [5.41, 5.74) is 0.605. The average Bonchev–Trinajstić information content (AvgIpc) is 3.71. The van der Waals surface area contributed by atoms with E-state index in [4.69, 9.17) is 9.15 Å². The number of rotatable bonds is 1. The van der Waals surface area contributed by atoms with E-state index in [0.717, 1.165) is 6.26 Å². The van der Waals surface area contributed by atoms with E-state index in [2.05, 4.69) is 15.6 Å². The van der Waals surface area contributed by atoms with Gasteiger partial charge in [0.05, 0.1) is 24.4 Å². The Kier molecular flexibility index (Phi) is 9.19. The molecule has 13 heteroatoms. The molecule has 1 aromatic rings. The number of Topliss-reactive ketones (excluding diaryl/α,β-unsaturated/α-hetero) is 1. The molecule has 3 N–H and O–H groups in total. The van der Waals surface area contributed by atoms with Crippen LogP contribution >= 0.6 is 0 Å². The Morgan fingerprint density at radius 2 is 1.80 bits per heavy atom. The van der Waals surface area contributed by atoms with Crippen molar-refractivity contribution >= 4 is 35.4 Å². The number of fused-ring (bicyclic) bond motifs is 10. The molecule has 1 aliphatic carbocycles. The van der Waals surface area contributed by atoms with Crippen LogP contribution < -0.4 is 10.6 Å². The molecule has 5 heterocycles. The Balaban J connectivity index is 1.46. The number of nitrogens with one attached hydrogen (secondary N) is 2. The van der Waals surface area contributed by atoms with Gasteiger partial charge in [0.15, 0.2) is 5.69 Å². The first-order valence-corrected chi connectivity index (χ1v) is 15.2. The van der Waals surface area contributed by atoms with Crippen molar-refractivity contribution in [1.29, 1.82) is 0 Å². The van der Waals surface area contributed by atoms with Crippen LogP contribution in [0.5, 0.6) is 0 Å². The van der Waals surface area contributed by atoms with E-state index in [9.17, 15) is 33.9 Å². The number of nitrogens with zero attached hydrogens (tertiary/aromatic N) is 2. The van der Waals surface area contributed by atoms with Gasteiger partial charge in [0.2, 0.25) is 23.6 Å². The molecule has 0 saturated carbocycles. The molecular formula is C32H38N4O9. The first kappa shape index (κ1) is 32.0. The number of aliphatic hydroxyl groups is 1. The number of amides is 4. The van der Waals surface area contributed by atoms with Gasteiger partial charge in [-0.05, 0) is 25.3 Å². The molecule has 4 bridgehead atoms. The summed E-state index contributed by atoms with van der Waals surface area (Å²) in [6, 6.07) is 0. The number of imide groups is 1. The predicted molar refractivity (Wildman–Crippen MR) is 156 cm³/mol. The van der Waals surface area contributed by atoms with Crippen LogP contribution in [0.1, 0.15) is 56.9 Å². The van der Waals surface area contributed by atoms with E-state index in [0.29, 0.717) is 12.0 Å². The molecule has 240 valence electrons. The maximum Gasteiger partial charge on any atom is 0.355 e. The first-order chi connectivity index (χ1) is 21.3. The van der Waals surface area contributed by atoms with Crippen LogP contribution in [0, 0.1) is 35.5 Å². The lowest BCUT2D eigenvalue weighted by Gasteiger charge is -2.37. The molecule has 1 saturated heterocycles. The zero-order valence-electron chi connectivity index (χ0n) is 25.6. The average molecular weight is 623 g/mol. The number of aromatic nitrogens is 1. The molecule has 4 aliphatic heterocycles. The van der Waals surface area contributed by atoms with Crippen LogP contribution in [0.4, 0.5) is 0 Å². The van der Waals surface area contributed by atoms with Gasteiger partial charge in [0.1, 0.15) is 23.8 Å². The summed E-state index contributed by atoms with van der Waals surface area (Å²) in [5, 5.41) is 16.3. The van der Waals surface area contributed by atoms with E-state index in [-0.39, 0.29) is 55.0 Å². The number of esters is 1. The molecule has 7 atom stereocenters. The Bertz CT molecular complexity index is 1510. The number of ketones is 1. The second-order valence-electron chi connectivity index (χ2n) is 12.5. The van der Waals surface area contributed by atoms with Crippen molar-refractivity contribution < 1.29 is 43.0 Å². The van der Waals surface area contributed by atoms with Gasteiger partial charge < -0.3 is 24.5 Å². The lowest BCUT2D eigenvalue weighted by Crippen LogP contribution is -2.45. The monoisotopic (exact) mass is 622 g/mol. The van der Waals surface area contributed by atoms with Gasteiger partial charge in [0.25, 0.3) is 5.91 Å². The normalized spacial score (nSPS) is 32.4. The fourth-order valence-electron chi connectivity index (χ4n) is 6.88. The van der Waals surface area contributed by atoms with Gasteiger partial charge in [-0.3, -0.25) is 29.3 Å². The molecule has 13 nitrogen and oxygen atoms in total. The second-order valence-corrected chi connectivity index (χ2v) is 12.5. The van der Waals surface area contributed by atoms with Crippen LogP contribution in [-0.4, -0.2) is 75.7 Å². The number of ether oxygens (including phenoxy) is 1. The van der Waals surface area contributed by atoms with Crippen molar-refractivity contribution in [3.63, 3.8) is 0 Å². The zero-order valence-corrected chi connectivity index (χ0v) is 25.6. The van der Waals surface area contributed by atoms with Crippen molar-refractivity contribution in [1.82, 2.24) is 20.5 Å². The highest BCUT2D eigenvalue weighted by molar-refractivity contribution is 6.06. The quantitative estimate of drug-likeness (QED) is 0.234. The summed E-state index contributed by atoms with van der Waals surface area (Å²) < 4.78 is 11.2. The molecular weight excluding hydrogens is 584 g/mol. The lowest BCUT2D eigenvalue weighted by molar-refractivity contribution is -0.150. The summed E-state index contributed by atoms with van der Waals surface area (Å²) in [6.07, 6.45) is 5.32. The van der Waals surface area contributed by atoms with Crippen molar-refractivity contribution in [2.24, 2.45) is 35.5 Å². The van der Waals surface area contributed by atoms with Gasteiger partial charge in [-0.25, -0.2) is 9.78 Å². The Morgan fingerprint density at radius 3 is 2.53 bits per heavy atom. The molecule has 1 fully saturated rings. The zero-order chi connectivity index (χ0) is 32.6. The maximum atomic E-state index is 13.3. The lowest BCUT2D eigenvalue weighted by atomic mass is 9.66. The number of carbonyl (C=O) groups excluding carboxylic acids is 6. The molecule has 0 radical (unpaired) electrons. The van der Waals surface area contributed by atoms with Crippen LogP contribution in [0.3, 0.4) is 0 Å². The molecule has 45 heavy (non-hydrogen) atoms. The molecule has 6 rings (SSSR count). The minimum atomic E-state index is -1.28. The minimum absolute atomic E-state index is 0.0416. The van der Waals surface area contributed by atoms with Gasteiger partial charge in [-0.1, -0.05) is 44.6 Å². The summed E-state index contributed by atoms with van der Waals surface area (Å²) in [7, 11) is 0. The van der Waals surface area contributed by atoms with Crippen molar-refractivity contribution in [2.45, 2.75) is 59.2 Å². The number of hydrogen-bond donors (Lipinski definition) is 3. The fraction of sp³-hybridized carbons (Fsp3) is 0.531. The molecule has 5 aliphatic rings. The summed E-state index contributed by atoms with van der Waals surface area (Å²) in [5.74, 6) is -6.81. The van der Waals surface area contributed by atoms with Crippen LogP contribution in [0.2, 0.25) is 0 Å². The molecule has 0 aromatic carbocycles. The first-order valence-electron chi connectivity index (χ1n) is 15.2. The highest BCUT2D eigenvalue weighted by Crippen LogP contribution is 2.43. The predicted octanol–water partition coefficient (Wildman–Crippen LogP) is 1.24. The number of hydrogen-bond acceptors (Lipinski definition) is 10. The largest absolute Gasteiger partial charge is 0.457 e. The van der Waals surface area contributed by atoms with Crippen molar-refractivity contribution in [3.05, 3.63) is 53.4 Å².